The van der Waals surface area contributed by atoms with E-state index in [0.29, 0.717) is 26.1 Å². The predicted molar refractivity (Wildman–Crippen MR) is 97.6 cm³/mol. The Morgan fingerprint density at radius 3 is 2.76 bits per heavy atom. The Morgan fingerprint density at radius 2 is 2.00 bits per heavy atom. The Labute approximate surface area is 150 Å². The van der Waals surface area contributed by atoms with Crippen molar-refractivity contribution in [1.29, 1.82) is 0 Å². The second-order valence-corrected chi connectivity index (χ2v) is 6.85. The molecule has 2 saturated heterocycles. The molecule has 138 valence electrons. The van der Waals surface area contributed by atoms with Gasteiger partial charge in [0.05, 0.1) is 19.3 Å². The van der Waals surface area contributed by atoms with Crippen molar-refractivity contribution in [2.24, 2.45) is 0 Å². The molecule has 0 aliphatic carbocycles. The average Bonchev–Trinajstić information content (AvgIpc) is 2.83. The van der Waals surface area contributed by atoms with Crippen molar-refractivity contribution in [1.82, 2.24) is 9.80 Å². The summed E-state index contributed by atoms with van der Waals surface area (Å²) in [4.78, 5) is 18.3. The van der Waals surface area contributed by atoms with Crippen molar-refractivity contribution in [3.63, 3.8) is 0 Å². The van der Waals surface area contributed by atoms with Gasteiger partial charge >= 0.3 is 0 Å². The van der Waals surface area contributed by atoms with Crippen molar-refractivity contribution in [2.75, 3.05) is 57.4 Å². The molecule has 1 aromatic rings. The molecule has 0 unspecified atom stereocenters. The van der Waals surface area contributed by atoms with Crippen molar-refractivity contribution < 1.29 is 14.6 Å². The Hall–Kier alpha value is -1.63. The summed E-state index contributed by atoms with van der Waals surface area (Å²) in [6.45, 7) is 8.62. The Bertz CT molecular complexity index is 575. The molecule has 1 aromatic carbocycles. The third kappa shape index (κ3) is 4.93. The van der Waals surface area contributed by atoms with E-state index in [1.165, 1.54) is 11.3 Å². The van der Waals surface area contributed by atoms with Gasteiger partial charge in [0, 0.05) is 57.9 Å². The molecular weight excluding hydrogens is 318 g/mol. The number of carbonyl (C=O) groups is 1. The molecule has 2 aliphatic heterocycles. The van der Waals surface area contributed by atoms with Crippen LogP contribution < -0.4 is 4.90 Å². The van der Waals surface area contributed by atoms with E-state index in [0.717, 1.165) is 39.4 Å². The number of hydrogen-bond donors (Lipinski definition) is 1. The number of carbonyl (C=O) groups excluding carboxylic acids is 1. The van der Waals surface area contributed by atoms with Crippen molar-refractivity contribution in [3.05, 3.63) is 29.8 Å². The van der Waals surface area contributed by atoms with Crippen LogP contribution in [-0.2, 0) is 16.1 Å². The average molecular weight is 347 g/mol. The van der Waals surface area contributed by atoms with Crippen LogP contribution in [0.15, 0.2) is 24.3 Å². The maximum Gasteiger partial charge on any atom is 0.222 e. The van der Waals surface area contributed by atoms with Gasteiger partial charge in [-0.15, -0.1) is 0 Å². The fourth-order valence-corrected chi connectivity index (χ4v) is 3.58. The van der Waals surface area contributed by atoms with Crippen LogP contribution in [0.2, 0.25) is 0 Å². The van der Waals surface area contributed by atoms with Gasteiger partial charge in [0.25, 0.3) is 0 Å². The summed E-state index contributed by atoms with van der Waals surface area (Å²) >= 11 is 0. The smallest absolute Gasteiger partial charge is 0.222 e. The van der Waals surface area contributed by atoms with Gasteiger partial charge in [-0.05, 0) is 17.7 Å². The SMILES string of the molecule is CCC(=O)N1CCN(Cc2cccc(N3CCOCC3)c2)C[C@@H](O)C1. The highest BCUT2D eigenvalue weighted by Gasteiger charge is 2.23. The largest absolute Gasteiger partial charge is 0.390 e. The van der Waals surface area contributed by atoms with Crippen LogP contribution in [0, 0.1) is 0 Å². The minimum absolute atomic E-state index is 0.121. The third-order valence-electron chi connectivity index (χ3n) is 4.93. The van der Waals surface area contributed by atoms with Gasteiger partial charge in [-0.2, -0.15) is 0 Å². The first-order chi connectivity index (χ1) is 12.2. The van der Waals surface area contributed by atoms with Gasteiger partial charge in [0.15, 0.2) is 0 Å². The lowest BCUT2D eigenvalue weighted by Gasteiger charge is -2.29. The van der Waals surface area contributed by atoms with Gasteiger partial charge in [0.1, 0.15) is 0 Å². The first-order valence-electron chi connectivity index (χ1n) is 9.25. The van der Waals surface area contributed by atoms with Gasteiger partial charge in [-0.25, -0.2) is 0 Å². The van der Waals surface area contributed by atoms with E-state index < -0.39 is 6.10 Å². The summed E-state index contributed by atoms with van der Waals surface area (Å²) in [5.74, 6) is 0.121. The molecule has 0 radical (unpaired) electrons. The summed E-state index contributed by atoms with van der Waals surface area (Å²) in [6.07, 6.45) is 0.00864. The summed E-state index contributed by atoms with van der Waals surface area (Å²) in [7, 11) is 0. The summed E-state index contributed by atoms with van der Waals surface area (Å²) in [5.41, 5.74) is 2.48. The van der Waals surface area contributed by atoms with Gasteiger partial charge in [0.2, 0.25) is 5.91 Å². The van der Waals surface area contributed by atoms with Crippen molar-refractivity contribution in [3.8, 4) is 0 Å². The number of rotatable bonds is 4. The first kappa shape index (κ1) is 18.2. The lowest BCUT2D eigenvalue weighted by molar-refractivity contribution is -0.131. The Morgan fingerprint density at radius 1 is 1.20 bits per heavy atom. The lowest BCUT2D eigenvalue weighted by atomic mass is 10.1. The molecular formula is C19H29N3O3. The number of amides is 1. The zero-order chi connectivity index (χ0) is 17.6. The second kappa shape index (κ2) is 8.65. The maximum absolute atomic E-state index is 11.9. The summed E-state index contributed by atoms with van der Waals surface area (Å²) in [6, 6.07) is 8.61. The molecule has 0 spiro atoms. The van der Waals surface area contributed by atoms with E-state index in [9.17, 15) is 9.90 Å². The zero-order valence-electron chi connectivity index (χ0n) is 15.1. The molecule has 2 fully saturated rings. The normalized spacial score (nSPS) is 22.7. The number of aliphatic hydroxyl groups is 1. The molecule has 6 nitrogen and oxygen atoms in total. The van der Waals surface area contributed by atoms with Crippen LogP contribution in [0.5, 0.6) is 0 Å². The van der Waals surface area contributed by atoms with Crippen LogP contribution in [0.3, 0.4) is 0 Å². The van der Waals surface area contributed by atoms with E-state index in [2.05, 4.69) is 34.1 Å². The highest BCUT2D eigenvalue weighted by atomic mass is 16.5. The molecule has 0 aromatic heterocycles. The lowest BCUT2D eigenvalue weighted by Crippen LogP contribution is -2.37. The number of aliphatic hydroxyl groups excluding tert-OH is 1. The predicted octanol–water partition coefficient (Wildman–Crippen LogP) is 0.938. The number of morpholine rings is 1. The molecule has 1 N–H and O–H groups in total. The van der Waals surface area contributed by atoms with Gasteiger partial charge < -0.3 is 19.6 Å². The number of hydrogen-bond acceptors (Lipinski definition) is 5. The van der Waals surface area contributed by atoms with Gasteiger partial charge in [-0.1, -0.05) is 19.1 Å². The zero-order valence-corrected chi connectivity index (χ0v) is 15.1. The van der Waals surface area contributed by atoms with Crippen molar-refractivity contribution >= 4 is 11.6 Å². The summed E-state index contributed by atoms with van der Waals surface area (Å²) in [5, 5.41) is 10.3. The van der Waals surface area contributed by atoms with Crippen LogP contribution in [-0.4, -0.2) is 79.4 Å². The molecule has 1 atom stereocenters. The molecule has 25 heavy (non-hydrogen) atoms. The minimum atomic E-state index is -0.486. The fraction of sp³-hybridized carbons (Fsp3) is 0.632. The van der Waals surface area contributed by atoms with Crippen LogP contribution in [0.4, 0.5) is 5.69 Å². The molecule has 3 rings (SSSR count). The fourth-order valence-electron chi connectivity index (χ4n) is 3.58. The number of ether oxygens (including phenoxy) is 1. The topological polar surface area (TPSA) is 56.3 Å². The molecule has 2 heterocycles. The van der Waals surface area contributed by atoms with Gasteiger partial charge in [-0.3, -0.25) is 9.69 Å². The van der Waals surface area contributed by atoms with E-state index >= 15 is 0 Å². The number of β-amino-alcohol motifs (C(OH)–C–C–N with tert-alkyl or cyclic N) is 1. The monoisotopic (exact) mass is 347 g/mol. The van der Waals surface area contributed by atoms with Crippen LogP contribution in [0.1, 0.15) is 18.9 Å². The maximum atomic E-state index is 11.9. The molecule has 2 aliphatic rings. The number of nitrogens with zero attached hydrogens (tertiary/aromatic N) is 3. The molecule has 0 saturated carbocycles. The Balaban J connectivity index is 1.62. The second-order valence-electron chi connectivity index (χ2n) is 6.85. The van der Waals surface area contributed by atoms with E-state index in [1.807, 2.05) is 6.92 Å². The molecule has 0 bridgehead atoms. The number of anilines is 1. The highest BCUT2D eigenvalue weighted by Crippen LogP contribution is 2.19. The molecule has 6 heteroatoms. The highest BCUT2D eigenvalue weighted by molar-refractivity contribution is 5.75. The van der Waals surface area contributed by atoms with Crippen LogP contribution in [0.25, 0.3) is 0 Å². The third-order valence-corrected chi connectivity index (χ3v) is 4.93. The number of benzene rings is 1. The van der Waals surface area contributed by atoms with Crippen molar-refractivity contribution in [2.45, 2.75) is 26.0 Å². The Kier molecular flexibility index (Phi) is 6.29. The van der Waals surface area contributed by atoms with E-state index in [1.54, 1.807) is 4.90 Å². The van der Waals surface area contributed by atoms with E-state index in [4.69, 9.17) is 4.74 Å². The standard InChI is InChI=1S/C19H29N3O3/c1-2-19(24)22-7-6-20(14-18(23)15-22)13-16-4-3-5-17(12-16)21-8-10-25-11-9-21/h3-5,12,18,23H,2,6-11,13-15H2,1H3/t18-/m1/s1. The van der Waals surface area contributed by atoms with Crippen LogP contribution >= 0.6 is 0 Å². The minimum Gasteiger partial charge on any atom is -0.390 e. The molecule has 1 amide bonds. The first-order valence-corrected chi connectivity index (χ1v) is 9.25. The quantitative estimate of drug-likeness (QED) is 0.878. The van der Waals surface area contributed by atoms with E-state index in [-0.39, 0.29) is 5.91 Å². The summed E-state index contributed by atoms with van der Waals surface area (Å²) < 4.78 is 5.43.